The quantitative estimate of drug-likeness (QED) is 0.363. The number of rotatable bonds is 6. The van der Waals surface area contributed by atoms with Gasteiger partial charge < -0.3 is 25.6 Å². The SMILES string of the molecule is Oc1[nH]c2ccc(F)cc2c1C1=Nc2ccccc2/C1=N\OCCNC1CCNCC1. The molecular formula is C23H24FN5O2. The summed E-state index contributed by atoms with van der Waals surface area (Å²) in [5.74, 6) is -0.463. The highest BCUT2D eigenvalue weighted by molar-refractivity contribution is 6.58. The Kier molecular flexibility index (Phi) is 5.40. The minimum absolute atomic E-state index is 0.0765. The first kappa shape index (κ1) is 19.7. The molecule has 3 aromatic rings. The lowest BCUT2D eigenvalue weighted by atomic mass is 10.0. The molecule has 5 rings (SSSR count). The number of H-pyrrole nitrogens is 1. The van der Waals surface area contributed by atoms with E-state index in [0.29, 0.717) is 47.1 Å². The maximum Gasteiger partial charge on any atom is 0.199 e. The van der Waals surface area contributed by atoms with E-state index < -0.39 is 0 Å². The van der Waals surface area contributed by atoms with E-state index in [9.17, 15) is 9.50 Å². The van der Waals surface area contributed by atoms with Crippen LogP contribution in [0.5, 0.6) is 5.88 Å². The third-order valence-electron chi connectivity index (χ3n) is 5.71. The van der Waals surface area contributed by atoms with Crippen LogP contribution in [-0.4, -0.2) is 53.8 Å². The van der Waals surface area contributed by atoms with Crippen LogP contribution in [0.4, 0.5) is 10.1 Å². The maximum absolute atomic E-state index is 13.9. The predicted molar refractivity (Wildman–Crippen MR) is 119 cm³/mol. The average Bonchev–Trinajstić information content (AvgIpc) is 3.30. The van der Waals surface area contributed by atoms with E-state index in [-0.39, 0.29) is 11.7 Å². The van der Waals surface area contributed by atoms with Crippen LogP contribution in [0.15, 0.2) is 52.6 Å². The standard InChI is InChI=1S/C23H24FN5O2/c24-14-5-6-19-17(13-14)20(23(30)28-19)22-21(16-3-1-2-4-18(16)27-22)29-31-12-11-26-15-7-9-25-10-8-15/h1-6,13,15,25-26,28,30H,7-12H2/b29-21+. The molecule has 0 bridgehead atoms. The fraction of sp³-hybridized carbons (Fsp3) is 0.304. The summed E-state index contributed by atoms with van der Waals surface area (Å²) in [5, 5.41) is 22.3. The van der Waals surface area contributed by atoms with Crippen molar-refractivity contribution < 1.29 is 14.3 Å². The van der Waals surface area contributed by atoms with Crippen molar-refractivity contribution in [3.8, 4) is 5.88 Å². The molecule has 4 N–H and O–H groups in total. The summed E-state index contributed by atoms with van der Waals surface area (Å²) in [4.78, 5) is 13.2. The highest BCUT2D eigenvalue weighted by Crippen LogP contribution is 2.35. The molecule has 7 nitrogen and oxygen atoms in total. The zero-order valence-corrected chi connectivity index (χ0v) is 17.0. The second-order valence-corrected chi connectivity index (χ2v) is 7.77. The zero-order valence-electron chi connectivity index (χ0n) is 17.0. The molecular weight excluding hydrogens is 397 g/mol. The topological polar surface area (TPSA) is 94.0 Å². The number of benzene rings is 2. The second kappa shape index (κ2) is 8.49. The van der Waals surface area contributed by atoms with Gasteiger partial charge in [0, 0.05) is 29.1 Å². The Hall–Kier alpha value is -3.23. The van der Waals surface area contributed by atoms with Gasteiger partial charge in [0.1, 0.15) is 23.8 Å². The van der Waals surface area contributed by atoms with Gasteiger partial charge in [0.15, 0.2) is 5.88 Å². The van der Waals surface area contributed by atoms with E-state index in [1.165, 1.54) is 12.1 Å². The number of halogens is 1. The molecule has 160 valence electrons. The summed E-state index contributed by atoms with van der Waals surface area (Å²) in [6, 6.07) is 12.4. The number of aliphatic imine (C=N–C) groups is 1. The highest BCUT2D eigenvalue weighted by atomic mass is 19.1. The number of aromatic amines is 1. The van der Waals surface area contributed by atoms with Gasteiger partial charge in [0.25, 0.3) is 0 Å². The molecule has 1 saturated heterocycles. The maximum atomic E-state index is 13.9. The second-order valence-electron chi connectivity index (χ2n) is 7.77. The molecule has 0 unspecified atom stereocenters. The number of para-hydroxylation sites is 1. The number of nitrogens with one attached hydrogen (secondary N) is 3. The van der Waals surface area contributed by atoms with Gasteiger partial charge in [-0.15, -0.1) is 0 Å². The zero-order chi connectivity index (χ0) is 21.2. The molecule has 2 aromatic carbocycles. The number of fused-ring (bicyclic) bond motifs is 2. The normalized spacial score (nSPS) is 17.8. The van der Waals surface area contributed by atoms with Crippen LogP contribution >= 0.6 is 0 Å². The number of piperidine rings is 1. The number of nitrogens with zero attached hydrogens (tertiary/aromatic N) is 2. The fourth-order valence-electron chi connectivity index (χ4n) is 4.17. The third kappa shape index (κ3) is 3.92. The van der Waals surface area contributed by atoms with E-state index in [4.69, 9.17) is 4.84 Å². The minimum Gasteiger partial charge on any atom is -0.494 e. The number of aromatic hydroxyl groups is 1. The molecule has 1 fully saturated rings. The molecule has 2 aliphatic rings. The van der Waals surface area contributed by atoms with Crippen LogP contribution < -0.4 is 10.6 Å². The Morgan fingerprint density at radius 3 is 2.90 bits per heavy atom. The third-order valence-corrected chi connectivity index (χ3v) is 5.71. The molecule has 0 aliphatic carbocycles. The van der Waals surface area contributed by atoms with Gasteiger partial charge in [-0.3, -0.25) is 0 Å². The molecule has 0 radical (unpaired) electrons. The van der Waals surface area contributed by atoms with Crippen molar-refractivity contribution in [2.75, 3.05) is 26.2 Å². The van der Waals surface area contributed by atoms with Crippen LogP contribution in [-0.2, 0) is 4.84 Å². The van der Waals surface area contributed by atoms with E-state index in [2.05, 4.69) is 25.8 Å². The summed E-state index contributed by atoms with van der Waals surface area (Å²) in [7, 11) is 0. The molecule has 1 aromatic heterocycles. The molecule has 2 aliphatic heterocycles. The molecule has 0 atom stereocenters. The van der Waals surface area contributed by atoms with Crippen molar-refractivity contribution in [3.05, 3.63) is 59.4 Å². The van der Waals surface area contributed by atoms with Gasteiger partial charge in [0.2, 0.25) is 0 Å². The predicted octanol–water partition coefficient (Wildman–Crippen LogP) is 3.21. The van der Waals surface area contributed by atoms with Crippen LogP contribution in [0.2, 0.25) is 0 Å². The number of hydrogen-bond donors (Lipinski definition) is 4. The number of oxime groups is 1. The van der Waals surface area contributed by atoms with Gasteiger partial charge in [0.05, 0.1) is 11.3 Å². The van der Waals surface area contributed by atoms with Crippen molar-refractivity contribution >= 4 is 28.0 Å². The summed E-state index contributed by atoms with van der Waals surface area (Å²) >= 11 is 0. The Morgan fingerprint density at radius 1 is 1.19 bits per heavy atom. The Labute approximate surface area is 179 Å². The molecule has 0 saturated carbocycles. The lowest BCUT2D eigenvalue weighted by Gasteiger charge is -2.23. The van der Waals surface area contributed by atoms with Crippen molar-refractivity contribution in [1.29, 1.82) is 0 Å². The monoisotopic (exact) mass is 421 g/mol. The first-order chi connectivity index (χ1) is 15.2. The largest absolute Gasteiger partial charge is 0.494 e. The Bertz CT molecular complexity index is 1160. The first-order valence-corrected chi connectivity index (χ1v) is 10.5. The summed E-state index contributed by atoms with van der Waals surface area (Å²) in [5.41, 5.74) is 3.58. The fourth-order valence-corrected chi connectivity index (χ4v) is 4.17. The molecule has 31 heavy (non-hydrogen) atoms. The van der Waals surface area contributed by atoms with Crippen molar-refractivity contribution in [2.24, 2.45) is 10.1 Å². The minimum atomic E-state index is -0.386. The summed E-state index contributed by atoms with van der Waals surface area (Å²) < 4.78 is 13.9. The van der Waals surface area contributed by atoms with Gasteiger partial charge in [-0.25, -0.2) is 9.38 Å². The molecule has 3 heterocycles. The first-order valence-electron chi connectivity index (χ1n) is 10.5. The van der Waals surface area contributed by atoms with Gasteiger partial charge in [-0.1, -0.05) is 23.4 Å². The average molecular weight is 421 g/mol. The Morgan fingerprint density at radius 2 is 2.03 bits per heavy atom. The van der Waals surface area contributed by atoms with Crippen LogP contribution in [0.1, 0.15) is 24.0 Å². The van der Waals surface area contributed by atoms with Crippen molar-refractivity contribution in [3.63, 3.8) is 0 Å². The molecule has 0 spiro atoms. The van der Waals surface area contributed by atoms with Crippen LogP contribution in [0.3, 0.4) is 0 Å². The van der Waals surface area contributed by atoms with Gasteiger partial charge in [-0.05, 0) is 50.2 Å². The number of hydrogen-bond acceptors (Lipinski definition) is 6. The van der Waals surface area contributed by atoms with E-state index in [1.807, 2.05) is 24.3 Å². The van der Waals surface area contributed by atoms with E-state index in [0.717, 1.165) is 37.2 Å². The smallest absolute Gasteiger partial charge is 0.199 e. The van der Waals surface area contributed by atoms with Crippen LogP contribution in [0.25, 0.3) is 10.9 Å². The lowest BCUT2D eigenvalue weighted by molar-refractivity contribution is 0.143. The molecule has 8 heteroatoms. The summed E-state index contributed by atoms with van der Waals surface area (Å²) in [6.07, 6.45) is 2.21. The highest BCUT2D eigenvalue weighted by Gasteiger charge is 2.29. The van der Waals surface area contributed by atoms with Crippen molar-refractivity contribution in [2.45, 2.75) is 18.9 Å². The van der Waals surface area contributed by atoms with Crippen LogP contribution in [0, 0.1) is 5.82 Å². The Balaban J connectivity index is 1.40. The summed E-state index contributed by atoms with van der Waals surface area (Å²) in [6.45, 7) is 3.18. The number of aromatic nitrogens is 1. The lowest BCUT2D eigenvalue weighted by Crippen LogP contribution is -2.41. The van der Waals surface area contributed by atoms with Gasteiger partial charge >= 0.3 is 0 Å². The van der Waals surface area contributed by atoms with E-state index >= 15 is 0 Å². The van der Waals surface area contributed by atoms with Gasteiger partial charge in [-0.2, -0.15) is 0 Å². The molecule has 0 amide bonds. The van der Waals surface area contributed by atoms with E-state index in [1.54, 1.807) is 6.07 Å². The van der Waals surface area contributed by atoms with Crippen molar-refractivity contribution in [1.82, 2.24) is 15.6 Å².